The molecule has 0 spiro atoms. The van der Waals surface area contributed by atoms with Gasteiger partial charge in [0, 0.05) is 6.20 Å². The first kappa shape index (κ1) is 12.4. The molecule has 0 saturated carbocycles. The van der Waals surface area contributed by atoms with Crippen LogP contribution in [0, 0.1) is 0 Å². The molecule has 2 nitrogen and oxygen atoms in total. The van der Waals surface area contributed by atoms with E-state index in [0.29, 0.717) is 10.0 Å². The Bertz CT molecular complexity index is 500. The molecule has 0 amide bonds. The molecule has 1 atom stereocenters. The van der Waals surface area contributed by atoms with Crippen molar-refractivity contribution in [2.75, 3.05) is 7.05 Å². The molecule has 2 rings (SSSR count). The maximum absolute atomic E-state index is 6.17. The minimum absolute atomic E-state index is 0.0269. The predicted molar refractivity (Wildman–Crippen MR) is 71.6 cm³/mol. The SMILES string of the molecule is CNC(c1ccccc1)c1ncc(Cl)cc1Cl. The van der Waals surface area contributed by atoms with E-state index in [1.807, 2.05) is 37.4 Å². The molecule has 1 unspecified atom stereocenters. The third-order valence-corrected chi connectivity index (χ3v) is 3.04. The van der Waals surface area contributed by atoms with Gasteiger partial charge in [0.2, 0.25) is 0 Å². The average molecular weight is 267 g/mol. The maximum atomic E-state index is 6.17. The second kappa shape index (κ2) is 5.50. The summed E-state index contributed by atoms with van der Waals surface area (Å²) in [5, 5.41) is 4.32. The van der Waals surface area contributed by atoms with E-state index in [-0.39, 0.29) is 6.04 Å². The van der Waals surface area contributed by atoms with Crippen molar-refractivity contribution >= 4 is 23.2 Å². The van der Waals surface area contributed by atoms with E-state index in [0.717, 1.165) is 11.3 Å². The van der Waals surface area contributed by atoms with Gasteiger partial charge in [-0.15, -0.1) is 0 Å². The summed E-state index contributed by atoms with van der Waals surface area (Å²) in [6.45, 7) is 0. The molecule has 2 aromatic rings. The van der Waals surface area contributed by atoms with E-state index in [1.165, 1.54) is 0 Å². The third-order valence-electron chi connectivity index (χ3n) is 2.53. The molecule has 88 valence electrons. The molecule has 0 aliphatic carbocycles. The van der Waals surface area contributed by atoms with Gasteiger partial charge in [-0.3, -0.25) is 4.98 Å². The number of hydrogen-bond donors (Lipinski definition) is 1. The molecule has 0 bridgehead atoms. The van der Waals surface area contributed by atoms with Crippen molar-refractivity contribution in [2.24, 2.45) is 0 Å². The molecule has 1 aromatic carbocycles. The number of hydrogen-bond acceptors (Lipinski definition) is 2. The van der Waals surface area contributed by atoms with Crippen molar-refractivity contribution in [3.8, 4) is 0 Å². The normalized spacial score (nSPS) is 12.4. The lowest BCUT2D eigenvalue weighted by Gasteiger charge is -2.17. The Balaban J connectivity index is 2.42. The van der Waals surface area contributed by atoms with Gasteiger partial charge in [0.25, 0.3) is 0 Å². The maximum Gasteiger partial charge on any atom is 0.0805 e. The van der Waals surface area contributed by atoms with Crippen molar-refractivity contribution in [2.45, 2.75) is 6.04 Å². The van der Waals surface area contributed by atoms with Crippen molar-refractivity contribution in [3.05, 3.63) is 63.9 Å². The van der Waals surface area contributed by atoms with Crippen molar-refractivity contribution in [1.29, 1.82) is 0 Å². The zero-order valence-corrected chi connectivity index (χ0v) is 10.8. The molecular weight excluding hydrogens is 255 g/mol. The summed E-state index contributed by atoms with van der Waals surface area (Å²) in [7, 11) is 1.88. The van der Waals surface area contributed by atoms with Crippen LogP contribution >= 0.6 is 23.2 Å². The number of halogens is 2. The summed E-state index contributed by atoms with van der Waals surface area (Å²) in [4.78, 5) is 4.30. The Hall–Kier alpha value is -1.09. The van der Waals surface area contributed by atoms with E-state index < -0.39 is 0 Å². The van der Waals surface area contributed by atoms with Gasteiger partial charge in [0.05, 0.1) is 21.8 Å². The van der Waals surface area contributed by atoms with Crippen LogP contribution in [-0.2, 0) is 0 Å². The molecule has 1 heterocycles. The summed E-state index contributed by atoms with van der Waals surface area (Å²) in [5.74, 6) is 0. The van der Waals surface area contributed by atoms with Crippen molar-refractivity contribution in [3.63, 3.8) is 0 Å². The molecule has 0 radical (unpaired) electrons. The number of rotatable bonds is 3. The van der Waals surface area contributed by atoms with Gasteiger partial charge < -0.3 is 5.32 Å². The molecule has 0 aliphatic heterocycles. The third kappa shape index (κ3) is 2.78. The lowest BCUT2D eigenvalue weighted by atomic mass is 10.0. The van der Waals surface area contributed by atoms with Gasteiger partial charge in [0.1, 0.15) is 0 Å². The smallest absolute Gasteiger partial charge is 0.0805 e. The van der Waals surface area contributed by atoms with Gasteiger partial charge in [-0.1, -0.05) is 53.5 Å². The monoisotopic (exact) mass is 266 g/mol. The van der Waals surface area contributed by atoms with Crippen LogP contribution in [0.25, 0.3) is 0 Å². The number of aromatic nitrogens is 1. The molecular formula is C13H12Cl2N2. The highest BCUT2D eigenvalue weighted by Gasteiger charge is 2.16. The highest BCUT2D eigenvalue weighted by molar-refractivity contribution is 6.34. The summed E-state index contributed by atoms with van der Waals surface area (Å²) in [6, 6.07) is 11.7. The van der Waals surface area contributed by atoms with E-state index >= 15 is 0 Å². The van der Waals surface area contributed by atoms with Gasteiger partial charge in [-0.05, 0) is 18.7 Å². The summed E-state index contributed by atoms with van der Waals surface area (Å²) < 4.78 is 0. The summed E-state index contributed by atoms with van der Waals surface area (Å²) in [5.41, 5.74) is 1.90. The Morgan fingerprint density at radius 1 is 1.18 bits per heavy atom. The summed E-state index contributed by atoms with van der Waals surface area (Å²) in [6.07, 6.45) is 1.61. The van der Waals surface area contributed by atoms with E-state index in [2.05, 4.69) is 10.3 Å². The first-order valence-electron chi connectivity index (χ1n) is 5.25. The molecule has 4 heteroatoms. The zero-order chi connectivity index (χ0) is 12.3. The average Bonchev–Trinajstić information content (AvgIpc) is 2.34. The highest BCUT2D eigenvalue weighted by atomic mass is 35.5. The molecule has 0 fully saturated rings. The molecule has 1 aromatic heterocycles. The van der Waals surface area contributed by atoms with Crippen LogP contribution in [0.15, 0.2) is 42.6 Å². The van der Waals surface area contributed by atoms with Crippen LogP contribution in [-0.4, -0.2) is 12.0 Å². The molecule has 0 saturated heterocycles. The van der Waals surface area contributed by atoms with Crippen molar-refractivity contribution in [1.82, 2.24) is 10.3 Å². The quantitative estimate of drug-likeness (QED) is 0.917. The molecule has 1 N–H and O–H groups in total. The van der Waals surface area contributed by atoms with E-state index in [4.69, 9.17) is 23.2 Å². The van der Waals surface area contributed by atoms with Gasteiger partial charge in [0.15, 0.2) is 0 Å². The predicted octanol–water partition coefficient (Wildman–Crippen LogP) is 3.70. The fourth-order valence-electron chi connectivity index (χ4n) is 1.74. The standard InChI is InChI=1S/C13H12Cl2N2/c1-16-12(9-5-3-2-4-6-9)13-11(15)7-10(14)8-17-13/h2-8,12,16H,1H3. The Morgan fingerprint density at radius 2 is 1.88 bits per heavy atom. The second-order valence-electron chi connectivity index (χ2n) is 3.65. The fourth-order valence-corrected chi connectivity index (χ4v) is 2.23. The lowest BCUT2D eigenvalue weighted by Crippen LogP contribution is -2.19. The minimum Gasteiger partial charge on any atom is -0.308 e. The first-order chi connectivity index (χ1) is 8.22. The Morgan fingerprint density at radius 3 is 2.47 bits per heavy atom. The largest absolute Gasteiger partial charge is 0.308 e. The van der Waals surface area contributed by atoms with Crippen LogP contribution in [0.5, 0.6) is 0 Å². The topological polar surface area (TPSA) is 24.9 Å². The van der Waals surface area contributed by atoms with Gasteiger partial charge >= 0.3 is 0 Å². The second-order valence-corrected chi connectivity index (χ2v) is 4.50. The van der Waals surface area contributed by atoms with Gasteiger partial charge in [-0.25, -0.2) is 0 Å². The number of nitrogens with zero attached hydrogens (tertiary/aromatic N) is 1. The van der Waals surface area contributed by atoms with Crippen molar-refractivity contribution < 1.29 is 0 Å². The number of benzene rings is 1. The summed E-state index contributed by atoms with van der Waals surface area (Å²) >= 11 is 12.0. The fraction of sp³-hybridized carbons (Fsp3) is 0.154. The van der Waals surface area contributed by atoms with Crippen LogP contribution in [0.1, 0.15) is 17.3 Å². The van der Waals surface area contributed by atoms with Crippen LogP contribution in [0.3, 0.4) is 0 Å². The highest BCUT2D eigenvalue weighted by Crippen LogP contribution is 2.27. The van der Waals surface area contributed by atoms with E-state index in [1.54, 1.807) is 12.3 Å². The number of pyridine rings is 1. The first-order valence-corrected chi connectivity index (χ1v) is 6.01. The Kier molecular flexibility index (Phi) is 4.00. The van der Waals surface area contributed by atoms with E-state index in [9.17, 15) is 0 Å². The van der Waals surface area contributed by atoms with Crippen LogP contribution in [0.2, 0.25) is 10.0 Å². The Labute approximate surface area is 111 Å². The minimum atomic E-state index is -0.0269. The lowest BCUT2D eigenvalue weighted by molar-refractivity contribution is 0.671. The van der Waals surface area contributed by atoms with Crippen LogP contribution < -0.4 is 5.32 Å². The number of nitrogens with one attached hydrogen (secondary N) is 1. The molecule has 0 aliphatic rings. The van der Waals surface area contributed by atoms with Gasteiger partial charge in [-0.2, -0.15) is 0 Å². The van der Waals surface area contributed by atoms with Crippen LogP contribution in [0.4, 0.5) is 0 Å². The zero-order valence-electron chi connectivity index (χ0n) is 9.32. The molecule has 17 heavy (non-hydrogen) atoms.